The van der Waals surface area contributed by atoms with Crippen LogP contribution in [0.15, 0.2) is 23.4 Å². The average Bonchev–Trinajstić information content (AvgIpc) is 2.01. The summed E-state index contributed by atoms with van der Waals surface area (Å²) >= 11 is 0. The first-order valence-corrected chi connectivity index (χ1v) is 5.46. The van der Waals surface area contributed by atoms with Crippen molar-refractivity contribution < 1.29 is 72.7 Å². The standard InChI is InChI=1S/C6H6BF3NO2S.K/c1-14(12,13)6-3-2-5(4-11-6)7(8,9)10;/h2-4H,1H3;/q-1;+1. The Morgan fingerprint density at radius 3 is 2.07 bits per heavy atom. The Bertz CT molecular complexity index is 431. The summed E-state index contributed by atoms with van der Waals surface area (Å²) < 4.78 is 58.0. The number of halogens is 3. The summed E-state index contributed by atoms with van der Waals surface area (Å²) in [5, 5.41) is -0.360. The Morgan fingerprint density at radius 1 is 1.27 bits per heavy atom. The Hall–Kier alpha value is 0.591. The molecule has 0 unspecified atom stereocenters. The van der Waals surface area contributed by atoms with Crippen LogP contribution in [0.2, 0.25) is 0 Å². The molecule has 0 radical (unpaired) electrons. The van der Waals surface area contributed by atoms with Crippen molar-refractivity contribution in [1.29, 1.82) is 0 Å². The van der Waals surface area contributed by atoms with Gasteiger partial charge in [-0.05, 0) is 6.07 Å². The van der Waals surface area contributed by atoms with E-state index in [0.717, 1.165) is 12.3 Å². The molecule has 0 bridgehead atoms. The third kappa shape index (κ3) is 4.53. The zero-order valence-corrected chi connectivity index (χ0v) is 12.1. The van der Waals surface area contributed by atoms with Crippen LogP contribution in [-0.2, 0) is 9.84 Å². The van der Waals surface area contributed by atoms with E-state index < -0.39 is 22.3 Å². The minimum absolute atomic E-state index is 0. The molecule has 1 aromatic heterocycles. The topological polar surface area (TPSA) is 47.0 Å². The molecule has 0 fully saturated rings. The minimum atomic E-state index is -5.12. The molecule has 0 spiro atoms. The van der Waals surface area contributed by atoms with Crippen LogP contribution in [0.1, 0.15) is 0 Å². The fourth-order valence-corrected chi connectivity index (χ4v) is 1.36. The summed E-state index contributed by atoms with van der Waals surface area (Å²) in [6.45, 7) is -5.12. The van der Waals surface area contributed by atoms with Crippen molar-refractivity contribution >= 4 is 22.3 Å². The van der Waals surface area contributed by atoms with Crippen LogP contribution in [0.5, 0.6) is 0 Å². The Kier molecular flexibility index (Phi) is 5.49. The Morgan fingerprint density at radius 2 is 1.80 bits per heavy atom. The maximum absolute atomic E-state index is 12.1. The fraction of sp³-hybridized carbons (Fsp3) is 0.167. The SMILES string of the molecule is CS(=O)(=O)c1ccc([B-](F)(F)F)cn1.[K+]. The summed E-state index contributed by atoms with van der Waals surface area (Å²) in [7, 11) is -3.54. The molecule has 15 heavy (non-hydrogen) atoms. The van der Waals surface area contributed by atoms with Gasteiger partial charge in [0.15, 0.2) is 14.9 Å². The zero-order valence-electron chi connectivity index (χ0n) is 8.12. The summed E-state index contributed by atoms with van der Waals surface area (Å²) in [5.74, 6) is 0. The molecule has 0 aliphatic rings. The molecule has 0 saturated heterocycles. The number of rotatable bonds is 2. The van der Waals surface area contributed by atoms with Crippen LogP contribution in [0.25, 0.3) is 0 Å². The van der Waals surface area contributed by atoms with Gasteiger partial charge in [0.2, 0.25) is 0 Å². The first-order chi connectivity index (χ1) is 6.21. The number of nitrogens with zero attached hydrogens (tertiary/aromatic N) is 1. The maximum Gasteiger partial charge on any atom is 1.00 e. The van der Waals surface area contributed by atoms with Gasteiger partial charge in [-0.1, -0.05) is 11.5 Å². The maximum atomic E-state index is 12.1. The largest absolute Gasteiger partial charge is 1.00 e. The van der Waals surface area contributed by atoms with Crippen LogP contribution < -0.4 is 56.8 Å². The van der Waals surface area contributed by atoms with E-state index in [9.17, 15) is 21.4 Å². The Labute approximate surface area is 128 Å². The number of pyridine rings is 1. The van der Waals surface area contributed by atoms with Crippen molar-refractivity contribution in [3.8, 4) is 0 Å². The van der Waals surface area contributed by atoms with Gasteiger partial charge in [-0.3, -0.25) is 0 Å². The van der Waals surface area contributed by atoms with Crippen LogP contribution >= 0.6 is 0 Å². The van der Waals surface area contributed by atoms with Crippen LogP contribution in [0, 0.1) is 0 Å². The van der Waals surface area contributed by atoms with E-state index in [1.807, 2.05) is 0 Å². The first kappa shape index (κ1) is 15.6. The third-order valence-electron chi connectivity index (χ3n) is 1.52. The van der Waals surface area contributed by atoms with Crippen molar-refractivity contribution in [1.82, 2.24) is 4.98 Å². The molecule has 1 heterocycles. The van der Waals surface area contributed by atoms with E-state index in [4.69, 9.17) is 0 Å². The smallest absolute Gasteiger partial charge is 0.445 e. The van der Waals surface area contributed by atoms with E-state index in [0.29, 0.717) is 12.3 Å². The summed E-state index contributed by atoms with van der Waals surface area (Å²) in [5.41, 5.74) is -0.905. The minimum Gasteiger partial charge on any atom is -0.445 e. The molecule has 0 aromatic carbocycles. The summed E-state index contributed by atoms with van der Waals surface area (Å²) in [6, 6.07) is 1.56. The van der Waals surface area contributed by atoms with E-state index in [2.05, 4.69) is 4.98 Å². The van der Waals surface area contributed by atoms with Crippen LogP contribution in [0.3, 0.4) is 0 Å². The van der Waals surface area contributed by atoms with Gasteiger partial charge >= 0.3 is 58.4 Å². The first-order valence-electron chi connectivity index (χ1n) is 3.57. The van der Waals surface area contributed by atoms with Crippen molar-refractivity contribution in [3.05, 3.63) is 18.3 Å². The number of sulfone groups is 1. The molecular formula is C6H6BF3KNO2S. The molecular weight excluding hydrogens is 257 g/mol. The molecule has 0 aliphatic carbocycles. The second-order valence-electron chi connectivity index (χ2n) is 2.78. The molecule has 0 aliphatic heterocycles. The predicted molar refractivity (Wildman–Crippen MR) is 46.1 cm³/mol. The van der Waals surface area contributed by atoms with Gasteiger partial charge in [0, 0.05) is 12.5 Å². The van der Waals surface area contributed by atoms with Gasteiger partial charge in [0.05, 0.1) is 0 Å². The molecule has 0 atom stereocenters. The molecule has 1 rings (SSSR count). The van der Waals surface area contributed by atoms with Gasteiger partial charge in [-0.25, -0.2) is 13.4 Å². The van der Waals surface area contributed by atoms with E-state index in [1.54, 1.807) is 0 Å². The second kappa shape index (κ2) is 5.28. The molecule has 3 nitrogen and oxygen atoms in total. The van der Waals surface area contributed by atoms with Gasteiger partial charge in [-0.2, -0.15) is 0 Å². The zero-order chi connectivity index (χ0) is 11.0. The fourth-order valence-electron chi connectivity index (χ4n) is 0.805. The second-order valence-corrected chi connectivity index (χ2v) is 4.74. The predicted octanol–water partition coefficient (Wildman–Crippen LogP) is -2.46. The molecule has 78 valence electrons. The van der Waals surface area contributed by atoms with Crippen LogP contribution in [0.4, 0.5) is 12.9 Å². The Balaban J connectivity index is 0.00000196. The van der Waals surface area contributed by atoms with E-state index in [-0.39, 0.29) is 56.4 Å². The number of aromatic nitrogens is 1. The van der Waals surface area contributed by atoms with Crippen molar-refractivity contribution in [3.63, 3.8) is 0 Å². The molecule has 0 amide bonds. The molecule has 0 N–H and O–H groups in total. The molecule has 9 heteroatoms. The van der Waals surface area contributed by atoms with E-state index >= 15 is 0 Å². The van der Waals surface area contributed by atoms with Gasteiger partial charge < -0.3 is 12.9 Å². The average molecular weight is 263 g/mol. The quantitative estimate of drug-likeness (QED) is 0.556. The van der Waals surface area contributed by atoms with Gasteiger partial charge in [-0.15, -0.1) is 0 Å². The summed E-state index contributed by atoms with van der Waals surface area (Å²) in [6.07, 6.45) is 1.41. The normalized spacial score (nSPS) is 12.0. The van der Waals surface area contributed by atoms with Gasteiger partial charge in [0.1, 0.15) is 0 Å². The molecule has 0 saturated carbocycles. The van der Waals surface area contributed by atoms with Crippen molar-refractivity contribution in [2.24, 2.45) is 0 Å². The summed E-state index contributed by atoms with van der Waals surface area (Å²) in [4.78, 5) is 3.22. The monoisotopic (exact) mass is 263 g/mol. The third-order valence-corrected chi connectivity index (χ3v) is 2.52. The molecule has 1 aromatic rings. The van der Waals surface area contributed by atoms with Gasteiger partial charge in [0.25, 0.3) is 0 Å². The number of hydrogen-bond donors (Lipinski definition) is 0. The van der Waals surface area contributed by atoms with Crippen molar-refractivity contribution in [2.75, 3.05) is 6.26 Å². The van der Waals surface area contributed by atoms with Crippen molar-refractivity contribution in [2.45, 2.75) is 5.03 Å². The number of hydrogen-bond acceptors (Lipinski definition) is 3. The van der Waals surface area contributed by atoms with E-state index in [1.165, 1.54) is 0 Å². The van der Waals surface area contributed by atoms with Crippen LogP contribution in [-0.4, -0.2) is 26.6 Å².